The second-order valence-electron chi connectivity index (χ2n) is 4.90. The molecule has 0 spiro atoms. The Labute approximate surface area is 85.9 Å². The highest BCUT2D eigenvalue weighted by Crippen LogP contribution is 2.22. The lowest BCUT2D eigenvalue weighted by Crippen LogP contribution is -2.21. The molecule has 1 N–H and O–H groups in total. The maximum atomic E-state index is 5.62. The fraction of sp³-hybridized carbons (Fsp3) is 0.727. The summed E-state index contributed by atoms with van der Waals surface area (Å²) in [4.78, 5) is 4.23. The van der Waals surface area contributed by atoms with Gasteiger partial charge in [0.2, 0.25) is 5.89 Å². The molecule has 0 radical (unpaired) electrons. The zero-order chi connectivity index (χ0) is 10.8. The molecule has 3 nitrogen and oxygen atoms in total. The highest BCUT2D eigenvalue weighted by molar-refractivity contribution is 5.05. The smallest absolute Gasteiger partial charge is 0.208 e. The highest BCUT2D eigenvalue weighted by atomic mass is 16.4. The van der Waals surface area contributed by atoms with Crippen LogP contribution in [-0.2, 0) is 12.0 Å². The van der Waals surface area contributed by atoms with Crippen LogP contribution in [0.5, 0.6) is 0 Å². The van der Waals surface area contributed by atoms with Crippen molar-refractivity contribution in [3.8, 4) is 0 Å². The maximum Gasteiger partial charge on any atom is 0.208 e. The summed E-state index contributed by atoms with van der Waals surface area (Å²) in [5.41, 5.74) is 0.0447. The summed E-state index contributed by atoms with van der Waals surface area (Å²) in [6.07, 6.45) is 1.82. The molecule has 1 aromatic rings. The molecule has 1 aromatic heterocycles. The molecular formula is C11H20N2O. The fourth-order valence-electron chi connectivity index (χ4n) is 1.03. The zero-order valence-corrected chi connectivity index (χ0v) is 9.72. The number of aromatic nitrogens is 1. The van der Waals surface area contributed by atoms with Gasteiger partial charge in [-0.25, -0.2) is 4.98 Å². The molecule has 0 saturated carbocycles. The van der Waals surface area contributed by atoms with Crippen LogP contribution >= 0.6 is 0 Å². The molecule has 0 atom stereocenters. The predicted molar refractivity (Wildman–Crippen MR) is 57.2 cm³/mol. The van der Waals surface area contributed by atoms with Crippen molar-refractivity contribution in [1.29, 1.82) is 0 Å². The van der Waals surface area contributed by atoms with Crippen LogP contribution in [0.2, 0.25) is 0 Å². The Kier molecular flexibility index (Phi) is 3.32. The Morgan fingerprint density at radius 2 is 2.07 bits per heavy atom. The third-order valence-electron chi connectivity index (χ3n) is 1.95. The Morgan fingerprint density at radius 3 is 2.50 bits per heavy atom. The van der Waals surface area contributed by atoms with E-state index in [2.05, 4.69) is 44.9 Å². The lowest BCUT2D eigenvalue weighted by Gasteiger charge is -2.13. The molecule has 0 fully saturated rings. The van der Waals surface area contributed by atoms with Gasteiger partial charge in [-0.15, -0.1) is 0 Å². The molecule has 80 valence electrons. The molecule has 0 amide bonds. The second-order valence-corrected chi connectivity index (χ2v) is 4.90. The highest BCUT2D eigenvalue weighted by Gasteiger charge is 2.18. The Balaban J connectivity index is 2.60. The zero-order valence-electron chi connectivity index (χ0n) is 9.72. The number of nitrogens with zero attached hydrogens (tertiary/aromatic N) is 1. The van der Waals surface area contributed by atoms with E-state index in [9.17, 15) is 0 Å². The summed E-state index contributed by atoms with van der Waals surface area (Å²) in [5, 5.41) is 3.27. The van der Waals surface area contributed by atoms with Crippen molar-refractivity contribution in [2.24, 2.45) is 0 Å². The maximum absolute atomic E-state index is 5.62. The van der Waals surface area contributed by atoms with Crippen molar-refractivity contribution in [2.45, 2.75) is 52.6 Å². The minimum atomic E-state index is 0.0447. The van der Waals surface area contributed by atoms with Crippen molar-refractivity contribution < 1.29 is 4.42 Å². The molecule has 1 heterocycles. The predicted octanol–water partition coefficient (Wildman–Crippen LogP) is 2.47. The van der Waals surface area contributed by atoms with E-state index in [0.717, 1.165) is 11.7 Å². The van der Waals surface area contributed by atoms with E-state index in [-0.39, 0.29) is 5.41 Å². The third-order valence-corrected chi connectivity index (χ3v) is 1.95. The minimum absolute atomic E-state index is 0.0447. The Hall–Kier alpha value is -0.830. The van der Waals surface area contributed by atoms with Crippen LogP contribution < -0.4 is 5.32 Å². The number of oxazole rings is 1. The summed E-state index contributed by atoms with van der Waals surface area (Å²) < 4.78 is 5.62. The monoisotopic (exact) mass is 196 g/mol. The lowest BCUT2D eigenvalue weighted by molar-refractivity contribution is 0.369. The first-order valence-corrected chi connectivity index (χ1v) is 5.08. The molecule has 0 saturated heterocycles. The van der Waals surface area contributed by atoms with Gasteiger partial charge in [-0.2, -0.15) is 0 Å². The van der Waals surface area contributed by atoms with Gasteiger partial charge in [0.15, 0.2) is 0 Å². The van der Waals surface area contributed by atoms with E-state index in [0.29, 0.717) is 12.6 Å². The van der Waals surface area contributed by atoms with Gasteiger partial charge in [0.1, 0.15) is 5.76 Å². The first-order chi connectivity index (χ1) is 6.39. The van der Waals surface area contributed by atoms with Crippen LogP contribution in [0.15, 0.2) is 10.6 Å². The van der Waals surface area contributed by atoms with E-state index < -0.39 is 0 Å². The molecule has 0 aliphatic rings. The van der Waals surface area contributed by atoms with Crippen molar-refractivity contribution in [1.82, 2.24) is 10.3 Å². The summed E-state index contributed by atoms with van der Waals surface area (Å²) in [5.74, 6) is 1.71. The van der Waals surface area contributed by atoms with Gasteiger partial charge in [0.05, 0.1) is 12.7 Å². The van der Waals surface area contributed by atoms with Crippen LogP contribution in [-0.4, -0.2) is 11.0 Å². The van der Waals surface area contributed by atoms with Crippen LogP contribution in [0.3, 0.4) is 0 Å². The average molecular weight is 196 g/mol. The second kappa shape index (κ2) is 4.13. The van der Waals surface area contributed by atoms with Gasteiger partial charge in [0, 0.05) is 11.5 Å². The Morgan fingerprint density at radius 1 is 1.43 bits per heavy atom. The van der Waals surface area contributed by atoms with Gasteiger partial charge in [-0.1, -0.05) is 34.6 Å². The van der Waals surface area contributed by atoms with E-state index >= 15 is 0 Å². The van der Waals surface area contributed by atoms with Crippen molar-refractivity contribution in [3.63, 3.8) is 0 Å². The van der Waals surface area contributed by atoms with E-state index in [1.807, 2.05) is 6.20 Å². The summed E-state index contributed by atoms with van der Waals surface area (Å²) >= 11 is 0. The number of rotatable bonds is 3. The molecule has 0 aliphatic heterocycles. The van der Waals surface area contributed by atoms with Crippen LogP contribution in [0.4, 0.5) is 0 Å². The molecule has 3 heteroatoms. The largest absolute Gasteiger partial charge is 0.444 e. The summed E-state index contributed by atoms with van der Waals surface area (Å²) in [7, 11) is 0. The number of hydrogen-bond acceptors (Lipinski definition) is 3. The first-order valence-electron chi connectivity index (χ1n) is 5.08. The fourth-order valence-corrected chi connectivity index (χ4v) is 1.03. The first kappa shape index (κ1) is 11.2. The van der Waals surface area contributed by atoms with Gasteiger partial charge in [-0.3, -0.25) is 0 Å². The molecular weight excluding hydrogens is 176 g/mol. The molecule has 14 heavy (non-hydrogen) atoms. The molecule has 0 bridgehead atoms. The van der Waals surface area contributed by atoms with Crippen LogP contribution in [0.1, 0.15) is 46.3 Å². The topological polar surface area (TPSA) is 38.1 Å². The van der Waals surface area contributed by atoms with Crippen LogP contribution in [0, 0.1) is 0 Å². The third kappa shape index (κ3) is 3.14. The van der Waals surface area contributed by atoms with Crippen LogP contribution in [0.25, 0.3) is 0 Å². The summed E-state index contributed by atoms with van der Waals surface area (Å²) in [6, 6.07) is 0.458. The van der Waals surface area contributed by atoms with Gasteiger partial charge < -0.3 is 9.73 Å². The van der Waals surface area contributed by atoms with Gasteiger partial charge in [-0.05, 0) is 0 Å². The SMILES string of the molecule is CC(C)NCc1ncc(C(C)(C)C)o1. The standard InChI is InChI=1S/C11H20N2O/c1-8(2)12-7-10-13-6-9(14-10)11(3,4)5/h6,8,12H,7H2,1-5H3. The Bertz CT molecular complexity index is 284. The molecule has 1 rings (SSSR count). The van der Waals surface area contributed by atoms with Gasteiger partial charge >= 0.3 is 0 Å². The molecule has 0 aliphatic carbocycles. The minimum Gasteiger partial charge on any atom is -0.444 e. The number of hydrogen-bond donors (Lipinski definition) is 1. The van der Waals surface area contributed by atoms with E-state index in [4.69, 9.17) is 4.42 Å². The van der Waals surface area contributed by atoms with E-state index in [1.165, 1.54) is 0 Å². The average Bonchev–Trinajstić information content (AvgIpc) is 2.47. The lowest BCUT2D eigenvalue weighted by atomic mass is 9.94. The van der Waals surface area contributed by atoms with Crippen molar-refractivity contribution >= 4 is 0 Å². The van der Waals surface area contributed by atoms with Crippen molar-refractivity contribution in [3.05, 3.63) is 17.8 Å². The normalized spacial score (nSPS) is 12.4. The molecule has 0 aromatic carbocycles. The van der Waals surface area contributed by atoms with Crippen molar-refractivity contribution in [2.75, 3.05) is 0 Å². The quantitative estimate of drug-likeness (QED) is 0.807. The number of nitrogens with one attached hydrogen (secondary N) is 1. The summed E-state index contributed by atoms with van der Waals surface area (Å²) in [6.45, 7) is 11.3. The van der Waals surface area contributed by atoms with E-state index in [1.54, 1.807) is 0 Å². The molecule has 0 unspecified atom stereocenters. The van der Waals surface area contributed by atoms with Gasteiger partial charge in [0.25, 0.3) is 0 Å².